The standard InChI is InChI=1S/C32H39N3O4/c1-22-18-35(23(2)20-36)31(37)29-17-11-10-16-28(29)27-15-9-8-14-26(27)21-39-30(22)19-34(4)32(38)33-24(3)25-12-6-5-7-13-25/h5-17,22-24,30,36H,18-21H2,1-4H3,(H,33,38)/t22-,23-,24+,30-/m1/s1. The molecule has 1 aliphatic heterocycles. The van der Waals surface area contributed by atoms with Gasteiger partial charge in [0.05, 0.1) is 31.4 Å². The minimum Gasteiger partial charge on any atom is -0.394 e. The molecule has 0 bridgehead atoms. The van der Waals surface area contributed by atoms with Crippen molar-refractivity contribution in [2.75, 3.05) is 26.7 Å². The molecule has 7 heteroatoms. The number of carbonyl (C=O) groups excluding carboxylic acids is 2. The lowest BCUT2D eigenvalue weighted by molar-refractivity contribution is -0.0185. The largest absolute Gasteiger partial charge is 0.394 e. The van der Waals surface area contributed by atoms with E-state index in [1.54, 1.807) is 16.8 Å². The van der Waals surface area contributed by atoms with Crippen LogP contribution in [0.5, 0.6) is 0 Å². The predicted molar refractivity (Wildman–Crippen MR) is 153 cm³/mol. The number of benzene rings is 3. The number of amides is 3. The molecule has 3 aromatic rings. The van der Waals surface area contributed by atoms with Crippen LogP contribution in [-0.2, 0) is 11.3 Å². The van der Waals surface area contributed by atoms with Gasteiger partial charge in [0.2, 0.25) is 0 Å². The van der Waals surface area contributed by atoms with Crippen LogP contribution in [0.25, 0.3) is 11.1 Å². The Hall–Kier alpha value is -3.68. The van der Waals surface area contributed by atoms with E-state index in [9.17, 15) is 14.7 Å². The number of aliphatic hydroxyl groups is 1. The Morgan fingerprint density at radius 2 is 1.62 bits per heavy atom. The highest BCUT2D eigenvalue weighted by Gasteiger charge is 2.31. The summed E-state index contributed by atoms with van der Waals surface area (Å²) in [6.07, 6.45) is -0.344. The number of rotatable bonds is 6. The molecular weight excluding hydrogens is 490 g/mol. The molecular formula is C32H39N3O4. The maximum absolute atomic E-state index is 13.9. The summed E-state index contributed by atoms with van der Waals surface area (Å²) in [7, 11) is 1.76. The van der Waals surface area contributed by atoms with Crippen LogP contribution in [0.4, 0.5) is 4.79 Å². The van der Waals surface area contributed by atoms with Crippen LogP contribution in [0.3, 0.4) is 0 Å². The SMILES string of the molecule is C[C@H](NC(=O)N(C)C[C@H]1OCc2ccccc2-c2ccccc2C(=O)N([C@H](C)CO)C[C@H]1C)c1ccccc1. The lowest BCUT2D eigenvalue weighted by atomic mass is 9.94. The molecule has 39 heavy (non-hydrogen) atoms. The zero-order valence-corrected chi connectivity index (χ0v) is 23.2. The topological polar surface area (TPSA) is 82.1 Å². The molecule has 0 aliphatic carbocycles. The maximum Gasteiger partial charge on any atom is 0.317 e. The summed E-state index contributed by atoms with van der Waals surface area (Å²) in [4.78, 5) is 30.4. The average molecular weight is 530 g/mol. The number of likely N-dealkylation sites (N-methyl/N-ethyl adjacent to an activating group) is 1. The third-order valence-corrected chi connectivity index (χ3v) is 7.53. The van der Waals surface area contributed by atoms with E-state index in [-0.39, 0.29) is 42.7 Å². The fraction of sp³-hybridized carbons (Fsp3) is 0.375. The normalized spacial score (nSPS) is 19.2. The summed E-state index contributed by atoms with van der Waals surface area (Å²) in [5.74, 6) is -0.237. The van der Waals surface area contributed by atoms with Crippen LogP contribution in [0.2, 0.25) is 0 Å². The lowest BCUT2D eigenvalue weighted by Gasteiger charge is -2.35. The lowest BCUT2D eigenvalue weighted by Crippen LogP contribution is -2.49. The summed E-state index contributed by atoms with van der Waals surface area (Å²) in [6.45, 7) is 6.76. The first-order chi connectivity index (χ1) is 18.8. The van der Waals surface area contributed by atoms with Crippen LogP contribution in [0.1, 0.15) is 48.3 Å². The first kappa shape index (κ1) is 28.3. The van der Waals surface area contributed by atoms with E-state index in [1.807, 2.05) is 99.6 Å². The van der Waals surface area contributed by atoms with Crippen molar-refractivity contribution in [3.8, 4) is 11.1 Å². The zero-order valence-electron chi connectivity index (χ0n) is 23.2. The Bertz CT molecular complexity index is 1270. The Morgan fingerprint density at radius 1 is 1.00 bits per heavy atom. The second kappa shape index (κ2) is 12.9. The number of aliphatic hydroxyl groups excluding tert-OH is 1. The summed E-state index contributed by atoms with van der Waals surface area (Å²) >= 11 is 0. The van der Waals surface area contributed by atoms with Gasteiger partial charge in [-0.15, -0.1) is 0 Å². The van der Waals surface area contributed by atoms with Gasteiger partial charge in [0.1, 0.15) is 0 Å². The first-order valence-corrected chi connectivity index (χ1v) is 13.6. The molecule has 1 heterocycles. The van der Waals surface area contributed by atoms with Crippen molar-refractivity contribution in [1.29, 1.82) is 0 Å². The molecule has 3 amide bonds. The van der Waals surface area contributed by atoms with Gasteiger partial charge in [-0.05, 0) is 42.2 Å². The van der Waals surface area contributed by atoms with E-state index < -0.39 is 0 Å². The van der Waals surface area contributed by atoms with Gasteiger partial charge in [-0.3, -0.25) is 4.79 Å². The minimum atomic E-state index is -0.377. The molecule has 0 fully saturated rings. The first-order valence-electron chi connectivity index (χ1n) is 13.6. The van der Waals surface area contributed by atoms with Gasteiger partial charge >= 0.3 is 6.03 Å². The van der Waals surface area contributed by atoms with Crippen LogP contribution < -0.4 is 5.32 Å². The quantitative estimate of drug-likeness (QED) is 0.465. The molecule has 3 aromatic carbocycles. The highest BCUT2D eigenvalue weighted by atomic mass is 16.5. The molecule has 2 N–H and O–H groups in total. The van der Waals surface area contributed by atoms with Crippen molar-refractivity contribution in [2.24, 2.45) is 5.92 Å². The molecule has 0 spiro atoms. The second-order valence-electron chi connectivity index (χ2n) is 10.5. The number of hydrogen-bond donors (Lipinski definition) is 2. The van der Waals surface area contributed by atoms with Crippen molar-refractivity contribution in [3.05, 3.63) is 95.6 Å². The number of carbonyl (C=O) groups is 2. The Balaban J connectivity index is 1.61. The van der Waals surface area contributed by atoms with Crippen LogP contribution in [-0.4, -0.2) is 65.7 Å². The number of ether oxygens (including phenoxy) is 1. The van der Waals surface area contributed by atoms with Gasteiger partial charge in [0.25, 0.3) is 5.91 Å². The van der Waals surface area contributed by atoms with Crippen LogP contribution >= 0.6 is 0 Å². The van der Waals surface area contributed by atoms with E-state index in [0.29, 0.717) is 25.3 Å². The maximum atomic E-state index is 13.9. The molecule has 1 aliphatic rings. The summed E-state index contributed by atoms with van der Waals surface area (Å²) in [6, 6.07) is 24.7. The molecule has 4 rings (SSSR count). The van der Waals surface area contributed by atoms with Crippen LogP contribution in [0.15, 0.2) is 78.9 Å². The molecule has 0 unspecified atom stereocenters. The van der Waals surface area contributed by atoms with Gasteiger partial charge < -0.3 is 25.0 Å². The van der Waals surface area contributed by atoms with Gasteiger partial charge in [0.15, 0.2) is 0 Å². The number of urea groups is 1. The summed E-state index contributed by atoms with van der Waals surface area (Å²) < 4.78 is 6.51. The highest BCUT2D eigenvalue weighted by molar-refractivity contribution is 6.01. The van der Waals surface area contributed by atoms with Crippen molar-refractivity contribution in [1.82, 2.24) is 15.1 Å². The third kappa shape index (κ3) is 6.67. The fourth-order valence-corrected chi connectivity index (χ4v) is 5.02. The van der Waals surface area contributed by atoms with E-state index in [2.05, 4.69) is 5.32 Å². The predicted octanol–water partition coefficient (Wildman–Crippen LogP) is 5.11. The van der Waals surface area contributed by atoms with Crippen molar-refractivity contribution in [2.45, 2.75) is 45.6 Å². The number of nitrogens with one attached hydrogen (secondary N) is 1. The zero-order chi connectivity index (χ0) is 27.9. The molecule has 0 saturated carbocycles. The van der Waals surface area contributed by atoms with E-state index in [4.69, 9.17) is 4.74 Å². The van der Waals surface area contributed by atoms with Gasteiger partial charge in [-0.2, -0.15) is 0 Å². The van der Waals surface area contributed by atoms with Gasteiger partial charge in [-0.1, -0.05) is 79.7 Å². The minimum absolute atomic E-state index is 0.109. The second-order valence-corrected chi connectivity index (χ2v) is 10.5. The summed E-state index contributed by atoms with van der Waals surface area (Å²) in [5.41, 5.74) is 4.39. The third-order valence-electron chi connectivity index (χ3n) is 7.53. The Labute approximate surface area is 231 Å². The number of fused-ring (bicyclic) bond motifs is 3. The monoisotopic (exact) mass is 529 g/mol. The Morgan fingerprint density at radius 3 is 2.31 bits per heavy atom. The number of hydrogen-bond acceptors (Lipinski definition) is 4. The molecule has 0 saturated heterocycles. The van der Waals surface area contributed by atoms with Crippen molar-refractivity contribution in [3.63, 3.8) is 0 Å². The van der Waals surface area contributed by atoms with Crippen molar-refractivity contribution >= 4 is 11.9 Å². The molecule has 0 aromatic heterocycles. The number of nitrogens with zero attached hydrogens (tertiary/aromatic N) is 2. The molecule has 0 radical (unpaired) electrons. The van der Waals surface area contributed by atoms with Crippen molar-refractivity contribution < 1.29 is 19.4 Å². The summed E-state index contributed by atoms with van der Waals surface area (Å²) in [5, 5.41) is 13.1. The van der Waals surface area contributed by atoms with Crippen LogP contribution in [0, 0.1) is 5.92 Å². The fourth-order valence-electron chi connectivity index (χ4n) is 5.02. The Kier molecular flexibility index (Phi) is 9.38. The molecule has 7 nitrogen and oxygen atoms in total. The highest BCUT2D eigenvalue weighted by Crippen LogP contribution is 2.31. The van der Waals surface area contributed by atoms with E-state index >= 15 is 0 Å². The van der Waals surface area contributed by atoms with Gasteiger partial charge in [-0.25, -0.2) is 4.79 Å². The molecule has 206 valence electrons. The molecule has 4 atom stereocenters. The smallest absolute Gasteiger partial charge is 0.317 e. The van der Waals surface area contributed by atoms with E-state index in [1.165, 1.54) is 0 Å². The van der Waals surface area contributed by atoms with Gasteiger partial charge in [0, 0.05) is 31.6 Å². The average Bonchev–Trinajstić information content (AvgIpc) is 2.98. The van der Waals surface area contributed by atoms with E-state index in [0.717, 1.165) is 22.3 Å².